The van der Waals surface area contributed by atoms with E-state index in [4.69, 9.17) is 0 Å². The predicted molar refractivity (Wildman–Crippen MR) is 77.9 cm³/mol. The summed E-state index contributed by atoms with van der Waals surface area (Å²) in [4.78, 5) is 18.4. The fourth-order valence-electron chi connectivity index (χ4n) is 1.52. The smallest absolute Gasteiger partial charge is 0.183 e. The molecule has 0 atom stereocenters. The van der Waals surface area contributed by atoms with Crippen LogP contribution in [0.4, 0.5) is 5.13 Å². The van der Waals surface area contributed by atoms with Crippen molar-refractivity contribution in [2.45, 2.75) is 33.2 Å². The van der Waals surface area contributed by atoms with Crippen LogP contribution in [0.15, 0.2) is 0 Å². The van der Waals surface area contributed by atoms with Gasteiger partial charge in [0.15, 0.2) is 5.13 Å². The molecule has 0 fully saturated rings. The van der Waals surface area contributed by atoms with Crippen LogP contribution in [-0.2, 0) is 4.79 Å². The number of nitrogens with zero attached hydrogens (tertiary/aromatic N) is 2. The number of likely N-dealkylation sites (N-methyl/N-ethyl adjacent to an activating group) is 1. The number of nitrogens with one attached hydrogen (secondary N) is 1. The molecule has 1 N–H and O–H groups in total. The van der Waals surface area contributed by atoms with E-state index < -0.39 is 0 Å². The average molecular weight is 267 g/mol. The maximum Gasteiger partial charge on any atom is 0.183 e. The molecule has 1 aromatic heterocycles. The van der Waals surface area contributed by atoms with Crippen molar-refractivity contribution >= 4 is 28.0 Å². The number of aromatic nitrogens is 1. The molecule has 0 saturated carbocycles. The molecule has 100 valence electrons. The number of hydrogen-bond donors (Lipinski definition) is 1. The molecule has 1 heterocycles. The van der Waals surface area contributed by atoms with Crippen molar-refractivity contribution in [1.82, 2.24) is 9.88 Å². The van der Waals surface area contributed by atoms with E-state index in [1.165, 1.54) is 11.3 Å². The molecule has 5 heteroatoms. The zero-order chi connectivity index (χ0) is 13.9. The Kier molecular flexibility index (Phi) is 4.68. The molecule has 0 saturated heterocycles. The van der Waals surface area contributed by atoms with Gasteiger partial charge in [0.05, 0.1) is 16.1 Å². The number of hydrogen-bond acceptors (Lipinski definition) is 5. The maximum absolute atomic E-state index is 11.1. The molecule has 0 aliphatic rings. The van der Waals surface area contributed by atoms with E-state index in [2.05, 4.69) is 31.1 Å². The number of thiazole rings is 1. The maximum atomic E-state index is 11.1. The molecule has 4 nitrogen and oxygen atoms in total. The topological polar surface area (TPSA) is 45.2 Å². The lowest BCUT2D eigenvalue weighted by Gasteiger charge is -2.19. The first kappa shape index (κ1) is 14.9. The summed E-state index contributed by atoms with van der Waals surface area (Å²) in [5.41, 5.74) is 1.51. The van der Waals surface area contributed by atoms with E-state index >= 15 is 0 Å². The van der Waals surface area contributed by atoms with Crippen molar-refractivity contribution in [3.05, 3.63) is 10.6 Å². The molecule has 0 aromatic carbocycles. The second kappa shape index (κ2) is 5.65. The lowest BCUT2D eigenvalue weighted by molar-refractivity contribution is 0.463. The number of rotatable bonds is 4. The van der Waals surface area contributed by atoms with Crippen LogP contribution in [0, 0.1) is 6.92 Å². The van der Waals surface area contributed by atoms with Crippen LogP contribution in [0.3, 0.4) is 0 Å². The first-order valence-corrected chi connectivity index (χ1v) is 6.69. The molecule has 18 heavy (non-hydrogen) atoms. The van der Waals surface area contributed by atoms with Crippen molar-refractivity contribution in [3.63, 3.8) is 0 Å². The molecule has 0 spiro atoms. The quantitative estimate of drug-likeness (QED) is 0.851. The van der Waals surface area contributed by atoms with Gasteiger partial charge in [-0.25, -0.2) is 9.78 Å². The molecular formula is C13H21N3OS. The van der Waals surface area contributed by atoms with Gasteiger partial charge < -0.3 is 10.2 Å². The highest BCUT2D eigenvalue weighted by Gasteiger charge is 2.17. The lowest BCUT2D eigenvalue weighted by atomic mass is 10.1. The molecule has 0 bridgehead atoms. The van der Waals surface area contributed by atoms with Crippen LogP contribution in [-0.4, -0.2) is 42.0 Å². The van der Waals surface area contributed by atoms with E-state index in [1.807, 2.05) is 31.9 Å². The molecule has 0 radical (unpaired) electrons. The van der Waals surface area contributed by atoms with E-state index in [0.717, 1.165) is 15.7 Å². The average Bonchev–Trinajstić information content (AvgIpc) is 2.52. The van der Waals surface area contributed by atoms with Crippen LogP contribution in [0.25, 0.3) is 5.57 Å². The van der Waals surface area contributed by atoms with Gasteiger partial charge >= 0.3 is 0 Å². The van der Waals surface area contributed by atoms with Gasteiger partial charge in [0.2, 0.25) is 0 Å². The Morgan fingerprint density at radius 3 is 2.50 bits per heavy atom. The first-order chi connectivity index (χ1) is 8.23. The minimum atomic E-state index is -0.0336. The Morgan fingerprint density at radius 2 is 2.06 bits per heavy atom. The molecule has 0 aliphatic heterocycles. The van der Waals surface area contributed by atoms with Crippen molar-refractivity contribution < 1.29 is 4.79 Å². The molecule has 1 aromatic rings. The zero-order valence-corrected chi connectivity index (χ0v) is 12.7. The Balaban J connectivity index is 3.00. The van der Waals surface area contributed by atoms with Gasteiger partial charge in [-0.15, -0.1) is 0 Å². The van der Waals surface area contributed by atoms with E-state index in [1.54, 1.807) is 0 Å². The van der Waals surface area contributed by atoms with Gasteiger partial charge in [-0.2, -0.15) is 0 Å². The van der Waals surface area contributed by atoms with E-state index in [-0.39, 0.29) is 5.54 Å². The highest BCUT2D eigenvalue weighted by molar-refractivity contribution is 7.16. The summed E-state index contributed by atoms with van der Waals surface area (Å²) in [6, 6.07) is 0. The summed E-state index contributed by atoms with van der Waals surface area (Å²) < 4.78 is 0. The standard InChI is InChI=1S/C13H21N3OS/c1-9-11(10(8-17)7-16(5)6)18-12(14-9)15-13(2,3)4/h7H2,1-6H3,(H,14,15). The second-order valence-electron chi connectivity index (χ2n) is 5.63. The van der Waals surface area contributed by atoms with Gasteiger partial charge in [-0.3, -0.25) is 0 Å². The number of aryl methyl sites for hydroxylation is 1. The van der Waals surface area contributed by atoms with Crippen LogP contribution in [0.5, 0.6) is 0 Å². The summed E-state index contributed by atoms with van der Waals surface area (Å²) in [6.07, 6.45) is 0. The molecule has 0 unspecified atom stereocenters. The minimum absolute atomic E-state index is 0.0336. The highest BCUT2D eigenvalue weighted by Crippen LogP contribution is 2.29. The normalized spacial score (nSPS) is 11.5. The largest absolute Gasteiger partial charge is 0.357 e. The lowest BCUT2D eigenvalue weighted by Crippen LogP contribution is -2.25. The monoisotopic (exact) mass is 267 g/mol. The summed E-state index contributed by atoms with van der Waals surface area (Å²) in [5, 5.41) is 4.17. The van der Waals surface area contributed by atoms with Crippen molar-refractivity contribution in [2.24, 2.45) is 0 Å². The highest BCUT2D eigenvalue weighted by atomic mass is 32.1. The van der Waals surface area contributed by atoms with Crippen molar-refractivity contribution in [1.29, 1.82) is 0 Å². The summed E-state index contributed by atoms with van der Waals surface area (Å²) in [6.45, 7) is 8.76. The predicted octanol–water partition coefficient (Wildman–Crippen LogP) is 2.44. The Morgan fingerprint density at radius 1 is 1.44 bits per heavy atom. The zero-order valence-electron chi connectivity index (χ0n) is 11.9. The Labute approximate surface area is 113 Å². The SMILES string of the molecule is Cc1nc(NC(C)(C)C)sc1C(=C=O)CN(C)C. The third-order valence-corrected chi connectivity index (χ3v) is 3.28. The molecule has 0 amide bonds. The third-order valence-electron chi connectivity index (χ3n) is 2.15. The van der Waals surface area contributed by atoms with Gasteiger partial charge in [-0.1, -0.05) is 11.3 Å². The van der Waals surface area contributed by atoms with Gasteiger partial charge in [0.25, 0.3) is 0 Å². The van der Waals surface area contributed by atoms with Gasteiger partial charge in [0.1, 0.15) is 5.94 Å². The fourth-order valence-corrected chi connectivity index (χ4v) is 2.67. The molecular weight excluding hydrogens is 246 g/mol. The summed E-state index contributed by atoms with van der Waals surface area (Å²) in [5.74, 6) is 2.03. The molecule has 0 aliphatic carbocycles. The molecule has 1 rings (SSSR count). The summed E-state index contributed by atoms with van der Waals surface area (Å²) >= 11 is 1.51. The van der Waals surface area contributed by atoms with E-state index in [9.17, 15) is 4.79 Å². The number of anilines is 1. The second-order valence-corrected chi connectivity index (χ2v) is 6.63. The summed E-state index contributed by atoms with van der Waals surface area (Å²) in [7, 11) is 3.87. The van der Waals surface area contributed by atoms with Crippen molar-refractivity contribution in [2.75, 3.05) is 26.0 Å². The van der Waals surface area contributed by atoms with Crippen LogP contribution in [0.2, 0.25) is 0 Å². The van der Waals surface area contributed by atoms with E-state index in [0.29, 0.717) is 12.1 Å². The van der Waals surface area contributed by atoms with Crippen LogP contribution < -0.4 is 5.32 Å². The Bertz CT molecular complexity index is 465. The van der Waals surface area contributed by atoms with Crippen molar-refractivity contribution in [3.8, 4) is 0 Å². The van der Waals surface area contributed by atoms with Crippen LogP contribution >= 0.6 is 11.3 Å². The van der Waals surface area contributed by atoms with Gasteiger partial charge in [0, 0.05) is 12.1 Å². The Hall–Kier alpha value is -1.16. The number of carbonyl (C=O) groups excluding carboxylic acids is 1. The van der Waals surface area contributed by atoms with Gasteiger partial charge in [-0.05, 0) is 41.8 Å². The minimum Gasteiger partial charge on any atom is -0.357 e. The third kappa shape index (κ3) is 4.26. The fraction of sp³-hybridized carbons (Fsp3) is 0.615. The first-order valence-electron chi connectivity index (χ1n) is 5.87. The van der Waals surface area contributed by atoms with Crippen LogP contribution in [0.1, 0.15) is 31.3 Å².